The normalized spacial score (nSPS) is 20.7. The monoisotopic (exact) mass is 264 g/mol. The molecule has 0 radical (unpaired) electrons. The molecule has 7 heteroatoms. The van der Waals surface area contributed by atoms with E-state index in [0.29, 0.717) is 5.56 Å². The van der Waals surface area contributed by atoms with E-state index in [0.717, 1.165) is 31.1 Å². The average Bonchev–Trinajstić information content (AvgIpc) is 2.75. The quantitative estimate of drug-likeness (QED) is 0.655. The van der Waals surface area contributed by atoms with Gasteiger partial charge in [-0.1, -0.05) is 0 Å². The van der Waals surface area contributed by atoms with Crippen molar-refractivity contribution < 1.29 is 14.7 Å². The van der Waals surface area contributed by atoms with Crippen molar-refractivity contribution in [2.75, 3.05) is 13.6 Å². The van der Waals surface area contributed by atoms with Crippen LogP contribution in [0.2, 0.25) is 0 Å². The van der Waals surface area contributed by atoms with Gasteiger partial charge in [0.2, 0.25) is 0 Å². The molecule has 1 aromatic rings. The Hall–Kier alpha value is -2.28. The number of hydrogen-bond donors (Lipinski definition) is 1. The van der Waals surface area contributed by atoms with Crippen molar-refractivity contribution in [3.8, 4) is 0 Å². The van der Waals surface area contributed by atoms with Gasteiger partial charge in [0.05, 0.1) is 35.1 Å². The molecule has 1 aromatic carbocycles. The number of nitrogens with zero attached hydrogens (tertiary/aromatic N) is 2. The van der Waals surface area contributed by atoms with E-state index in [1.807, 2.05) is 7.05 Å². The molecule has 1 aliphatic heterocycles. The summed E-state index contributed by atoms with van der Waals surface area (Å²) in [6.07, 6.45) is 3.72. The van der Waals surface area contributed by atoms with Crippen LogP contribution in [0.3, 0.4) is 0 Å². The number of rotatable bonds is 3. The third-order valence-electron chi connectivity index (χ3n) is 3.30. The molecule has 0 aliphatic carbocycles. The molecule has 0 spiro atoms. The number of non-ortho nitro benzene ring substituents is 1. The highest BCUT2D eigenvalue weighted by molar-refractivity contribution is 5.64. The van der Waals surface area contributed by atoms with Gasteiger partial charge in [-0.3, -0.25) is 20.2 Å². The molecule has 0 saturated carbocycles. The van der Waals surface area contributed by atoms with E-state index in [-0.39, 0.29) is 11.4 Å². The zero-order valence-electron chi connectivity index (χ0n) is 10.5. The number of allylic oxidation sites excluding steroid dienone is 1. The van der Waals surface area contributed by atoms with E-state index in [1.54, 1.807) is 6.08 Å². The molecule has 1 N–H and O–H groups in total. The highest BCUT2D eigenvalue weighted by atomic mass is 16.6. The van der Waals surface area contributed by atoms with Crippen LogP contribution in [-0.4, -0.2) is 23.4 Å². The second-order valence-corrected chi connectivity index (χ2v) is 4.56. The predicted octanol–water partition coefficient (Wildman–Crippen LogP) is 1.15. The second-order valence-electron chi connectivity index (χ2n) is 4.56. The molecule has 2 rings (SSSR count). The fourth-order valence-electron chi connectivity index (χ4n) is 2.23. The summed E-state index contributed by atoms with van der Waals surface area (Å²) >= 11 is 0. The lowest BCUT2D eigenvalue weighted by Crippen LogP contribution is -3.04. The molecular weight excluding hydrogens is 250 g/mol. The maximum absolute atomic E-state index is 11.0. The summed E-state index contributed by atoms with van der Waals surface area (Å²) in [6, 6.07) is 3.75. The molecule has 1 atom stereocenters. The third kappa shape index (κ3) is 2.76. The number of benzene rings is 1. The minimum atomic E-state index is -0.628. The van der Waals surface area contributed by atoms with Crippen molar-refractivity contribution >= 4 is 17.5 Å². The smallest absolute Gasteiger partial charge is 0.283 e. The van der Waals surface area contributed by atoms with Gasteiger partial charge >= 0.3 is 0 Å². The van der Waals surface area contributed by atoms with Crippen molar-refractivity contribution in [3.63, 3.8) is 0 Å². The predicted molar refractivity (Wildman–Crippen MR) is 68.7 cm³/mol. The Morgan fingerprint density at radius 2 is 2.00 bits per heavy atom. The molecule has 19 heavy (non-hydrogen) atoms. The minimum Gasteiger partial charge on any atom is -0.308 e. The van der Waals surface area contributed by atoms with Crippen LogP contribution in [0, 0.1) is 20.2 Å². The van der Waals surface area contributed by atoms with Crippen LogP contribution in [0.25, 0.3) is 6.08 Å². The Morgan fingerprint density at radius 1 is 1.26 bits per heavy atom. The van der Waals surface area contributed by atoms with Gasteiger partial charge in [0.25, 0.3) is 11.4 Å². The fraction of sp³-hybridized carbons (Fsp3) is 0.333. The molecule has 7 nitrogen and oxygen atoms in total. The number of hydrogen-bond acceptors (Lipinski definition) is 4. The standard InChI is InChI=1S/C12H13N3O4/c1-13-6-2-3-10(13)7-9-4-5-11(14(16)17)8-12(9)15(18)19/h4-5,7-8H,2-3,6H2,1H3/p+1/b10-7-. The number of nitro groups is 2. The molecule has 1 heterocycles. The Morgan fingerprint density at radius 3 is 2.53 bits per heavy atom. The van der Waals surface area contributed by atoms with Gasteiger partial charge in [-0.2, -0.15) is 0 Å². The average molecular weight is 264 g/mol. The van der Waals surface area contributed by atoms with Crippen LogP contribution in [0.4, 0.5) is 11.4 Å². The Bertz CT molecular complexity index is 568. The van der Waals surface area contributed by atoms with Gasteiger partial charge in [0, 0.05) is 25.0 Å². The zero-order chi connectivity index (χ0) is 14.0. The first-order valence-corrected chi connectivity index (χ1v) is 5.95. The number of nitrogens with one attached hydrogen (secondary N) is 1. The van der Waals surface area contributed by atoms with E-state index < -0.39 is 9.85 Å². The van der Waals surface area contributed by atoms with Crippen LogP contribution in [0.1, 0.15) is 18.4 Å². The van der Waals surface area contributed by atoms with Crippen molar-refractivity contribution in [2.24, 2.45) is 0 Å². The molecule has 100 valence electrons. The van der Waals surface area contributed by atoms with Crippen molar-refractivity contribution in [1.82, 2.24) is 0 Å². The van der Waals surface area contributed by atoms with Gasteiger partial charge < -0.3 is 4.90 Å². The van der Waals surface area contributed by atoms with Crippen LogP contribution in [0.15, 0.2) is 23.9 Å². The molecule has 1 aliphatic rings. The number of quaternary nitrogens is 1. The van der Waals surface area contributed by atoms with E-state index in [2.05, 4.69) is 0 Å². The summed E-state index contributed by atoms with van der Waals surface area (Å²) in [5.74, 6) is 0. The lowest BCUT2D eigenvalue weighted by Gasteiger charge is -2.06. The molecule has 1 fully saturated rings. The first-order valence-electron chi connectivity index (χ1n) is 5.95. The van der Waals surface area contributed by atoms with E-state index >= 15 is 0 Å². The summed E-state index contributed by atoms with van der Waals surface area (Å²) in [5, 5.41) is 21.6. The molecule has 0 bridgehead atoms. The first kappa shape index (κ1) is 13.2. The van der Waals surface area contributed by atoms with Gasteiger partial charge in [-0.05, 0) is 6.07 Å². The van der Waals surface area contributed by atoms with Crippen LogP contribution < -0.4 is 4.90 Å². The Kier molecular flexibility index (Phi) is 3.57. The van der Waals surface area contributed by atoms with Gasteiger partial charge in [-0.15, -0.1) is 0 Å². The van der Waals surface area contributed by atoms with E-state index in [1.165, 1.54) is 17.0 Å². The van der Waals surface area contributed by atoms with E-state index in [9.17, 15) is 20.2 Å². The lowest BCUT2D eigenvalue weighted by molar-refractivity contribution is -0.827. The number of likely N-dealkylation sites (tertiary alicyclic amines) is 1. The molecule has 0 amide bonds. The summed E-state index contributed by atoms with van der Waals surface area (Å²) in [7, 11) is 2.01. The third-order valence-corrected chi connectivity index (χ3v) is 3.30. The fourth-order valence-corrected chi connectivity index (χ4v) is 2.23. The molecule has 0 aromatic heterocycles. The lowest BCUT2D eigenvalue weighted by atomic mass is 10.1. The number of nitro benzene ring substituents is 2. The summed E-state index contributed by atoms with van der Waals surface area (Å²) in [4.78, 5) is 21.7. The van der Waals surface area contributed by atoms with Crippen molar-refractivity contribution in [1.29, 1.82) is 0 Å². The maximum atomic E-state index is 11.0. The van der Waals surface area contributed by atoms with Gasteiger partial charge in [0.1, 0.15) is 5.70 Å². The highest BCUT2D eigenvalue weighted by Gasteiger charge is 2.22. The summed E-state index contributed by atoms with van der Waals surface area (Å²) < 4.78 is 0. The Labute approximate surface area is 109 Å². The topological polar surface area (TPSA) is 90.7 Å². The van der Waals surface area contributed by atoms with Gasteiger partial charge in [0.15, 0.2) is 0 Å². The largest absolute Gasteiger partial charge is 0.308 e. The van der Waals surface area contributed by atoms with E-state index in [4.69, 9.17) is 0 Å². The molecular formula is C12H14N3O4+. The second kappa shape index (κ2) is 5.15. The van der Waals surface area contributed by atoms with Crippen molar-refractivity contribution in [2.45, 2.75) is 12.8 Å². The summed E-state index contributed by atoms with van der Waals surface area (Å²) in [6.45, 7) is 1.01. The first-order chi connectivity index (χ1) is 8.99. The summed E-state index contributed by atoms with van der Waals surface area (Å²) in [5.41, 5.74) is 1.03. The minimum absolute atomic E-state index is 0.221. The van der Waals surface area contributed by atoms with Gasteiger partial charge in [-0.25, -0.2) is 0 Å². The highest BCUT2D eigenvalue weighted by Crippen LogP contribution is 2.26. The zero-order valence-corrected chi connectivity index (χ0v) is 10.5. The maximum Gasteiger partial charge on any atom is 0.283 e. The van der Waals surface area contributed by atoms with Crippen LogP contribution in [0.5, 0.6) is 0 Å². The van der Waals surface area contributed by atoms with Crippen LogP contribution in [-0.2, 0) is 0 Å². The Balaban J connectivity index is 2.45. The van der Waals surface area contributed by atoms with Crippen LogP contribution >= 0.6 is 0 Å². The SMILES string of the molecule is C[NH+]1CCC/C1=C/c1ccc([N+](=O)[O-])cc1[N+](=O)[O-]. The molecule has 1 unspecified atom stereocenters. The van der Waals surface area contributed by atoms with Crippen molar-refractivity contribution in [3.05, 3.63) is 49.7 Å². The molecule has 1 saturated heterocycles.